The van der Waals surface area contributed by atoms with Crippen molar-refractivity contribution in [2.45, 2.75) is 52.0 Å². The number of benzene rings is 2. The minimum Gasteiger partial charge on any atom is -0.376 e. The highest BCUT2D eigenvalue weighted by Crippen LogP contribution is 2.16. The minimum absolute atomic E-state index is 0.0717. The maximum atomic E-state index is 12.7. The van der Waals surface area contributed by atoms with Crippen molar-refractivity contribution >= 4 is 29.1 Å². The molecule has 3 amide bonds. The molecule has 1 atom stereocenters. The standard InChI is InChI=1S/C26H34N4O3/c1-3-19(2)28-25(32)20-8-14-23(15-9-20)29-24(31)18-27-22-12-10-21(11-13-22)26(33)30-16-6-4-5-7-17-30/h8-15,19,27H,3-7,16-18H2,1-2H3,(H,28,32)(H,29,31). The van der Waals surface area contributed by atoms with Gasteiger partial charge in [0.25, 0.3) is 11.8 Å². The molecule has 0 bridgehead atoms. The lowest BCUT2D eigenvalue weighted by Crippen LogP contribution is -2.31. The summed E-state index contributed by atoms with van der Waals surface area (Å²) < 4.78 is 0. The minimum atomic E-state index is -0.198. The third-order valence-electron chi connectivity index (χ3n) is 5.90. The van der Waals surface area contributed by atoms with E-state index in [0.717, 1.165) is 38.0 Å². The molecule has 1 saturated heterocycles. The molecule has 0 spiro atoms. The lowest BCUT2D eigenvalue weighted by Gasteiger charge is -2.20. The zero-order valence-electron chi connectivity index (χ0n) is 19.5. The van der Waals surface area contributed by atoms with Crippen molar-refractivity contribution in [3.8, 4) is 0 Å². The van der Waals surface area contributed by atoms with Crippen molar-refractivity contribution in [2.24, 2.45) is 0 Å². The summed E-state index contributed by atoms with van der Waals surface area (Å²) in [5.41, 5.74) is 2.63. The van der Waals surface area contributed by atoms with Crippen LogP contribution in [-0.2, 0) is 4.79 Å². The average Bonchev–Trinajstić information content (AvgIpc) is 3.12. The van der Waals surface area contributed by atoms with E-state index in [2.05, 4.69) is 16.0 Å². The molecule has 33 heavy (non-hydrogen) atoms. The van der Waals surface area contributed by atoms with Crippen LogP contribution < -0.4 is 16.0 Å². The second kappa shape index (κ2) is 12.0. The molecule has 1 aliphatic rings. The van der Waals surface area contributed by atoms with Gasteiger partial charge in [0.2, 0.25) is 5.91 Å². The molecule has 3 rings (SSSR count). The molecule has 1 heterocycles. The molecule has 0 aromatic heterocycles. The molecular formula is C26H34N4O3. The van der Waals surface area contributed by atoms with Crippen molar-refractivity contribution in [1.82, 2.24) is 10.2 Å². The first kappa shape index (κ1) is 24.3. The van der Waals surface area contributed by atoms with Crippen LogP contribution >= 0.6 is 0 Å². The molecule has 3 N–H and O–H groups in total. The Bertz CT molecular complexity index is 933. The fourth-order valence-electron chi connectivity index (χ4n) is 3.69. The van der Waals surface area contributed by atoms with E-state index >= 15 is 0 Å². The van der Waals surface area contributed by atoms with Crippen molar-refractivity contribution in [1.29, 1.82) is 0 Å². The molecule has 0 saturated carbocycles. The van der Waals surface area contributed by atoms with E-state index in [9.17, 15) is 14.4 Å². The summed E-state index contributed by atoms with van der Waals surface area (Å²) in [5, 5.41) is 8.81. The van der Waals surface area contributed by atoms with Crippen LogP contribution in [0.3, 0.4) is 0 Å². The number of amides is 3. The number of carbonyl (C=O) groups excluding carboxylic acids is 3. The molecule has 0 radical (unpaired) electrons. The van der Waals surface area contributed by atoms with Gasteiger partial charge in [-0.2, -0.15) is 0 Å². The lowest BCUT2D eigenvalue weighted by molar-refractivity contribution is -0.114. The van der Waals surface area contributed by atoms with Gasteiger partial charge in [-0.05, 0) is 74.7 Å². The van der Waals surface area contributed by atoms with Crippen LogP contribution in [-0.4, -0.2) is 48.3 Å². The van der Waals surface area contributed by atoms with Crippen molar-refractivity contribution in [3.63, 3.8) is 0 Å². The Morgan fingerprint density at radius 1 is 0.848 bits per heavy atom. The third kappa shape index (κ3) is 7.34. The quantitative estimate of drug-likeness (QED) is 0.560. The van der Waals surface area contributed by atoms with Crippen LogP contribution in [0.15, 0.2) is 48.5 Å². The summed E-state index contributed by atoms with van der Waals surface area (Å²) in [6.07, 6.45) is 5.37. The van der Waals surface area contributed by atoms with Crippen molar-refractivity contribution in [3.05, 3.63) is 59.7 Å². The molecule has 1 fully saturated rings. The maximum Gasteiger partial charge on any atom is 0.253 e. The van der Waals surface area contributed by atoms with E-state index in [0.29, 0.717) is 16.8 Å². The zero-order valence-corrected chi connectivity index (χ0v) is 19.5. The first-order chi connectivity index (χ1) is 16.0. The van der Waals surface area contributed by atoms with Gasteiger partial charge in [0.05, 0.1) is 6.54 Å². The SMILES string of the molecule is CCC(C)NC(=O)c1ccc(NC(=O)CNc2ccc(C(=O)N3CCCCCC3)cc2)cc1. The van der Waals surface area contributed by atoms with Crippen molar-refractivity contribution < 1.29 is 14.4 Å². The Hall–Kier alpha value is -3.35. The Kier molecular flexibility index (Phi) is 8.87. The van der Waals surface area contributed by atoms with E-state index in [1.165, 1.54) is 12.8 Å². The first-order valence-electron chi connectivity index (χ1n) is 11.8. The highest BCUT2D eigenvalue weighted by molar-refractivity contribution is 5.97. The second-order valence-electron chi connectivity index (χ2n) is 8.55. The van der Waals surface area contributed by atoms with Crippen LogP contribution in [0.1, 0.15) is 66.7 Å². The largest absolute Gasteiger partial charge is 0.376 e. The van der Waals surface area contributed by atoms with Gasteiger partial charge in [-0.1, -0.05) is 19.8 Å². The Morgan fingerprint density at radius 3 is 2.03 bits per heavy atom. The van der Waals surface area contributed by atoms with E-state index in [-0.39, 0.29) is 30.3 Å². The monoisotopic (exact) mass is 450 g/mol. The van der Waals surface area contributed by atoms with Gasteiger partial charge in [0.1, 0.15) is 0 Å². The smallest absolute Gasteiger partial charge is 0.253 e. The summed E-state index contributed by atoms with van der Waals surface area (Å²) in [6.45, 7) is 5.71. The van der Waals surface area contributed by atoms with E-state index in [4.69, 9.17) is 0 Å². The fourth-order valence-corrected chi connectivity index (χ4v) is 3.69. The Balaban J connectivity index is 1.46. The fraction of sp³-hybridized carbons (Fsp3) is 0.423. The van der Waals surface area contributed by atoms with Gasteiger partial charge in [-0.15, -0.1) is 0 Å². The van der Waals surface area contributed by atoms with Crippen LogP contribution in [0.25, 0.3) is 0 Å². The van der Waals surface area contributed by atoms with E-state index in [1.807, 2.05) is 30.9 Å². The summed E-state index contributed by atoms with van der Waals surface area (Å²) >= 11 is 0. The number of likely N-dealkylation sites (tertiary alicyclic amines) is 1. The van der Waals surface area contributed by atoms with Gasteiger partial charge in [0.15, 0.2) is 0 Å². The third-order valence-corrected chi connectivity index (χ3v) is 5.90. The van der Waals surface area contributed by atoms with Gasteiger partial charge in [0, 0.05) is 41.6 Å². The summed E-state index contributed by atoms with van der Waals surface area (Å²) in [5.74, 6) is -0.249. The molecule has 1 unspecified atom stereocenters. The van der Waals surface area contributed by atoms with E-state index < -0.39 is 0 Å². The van der Waals surface area contributed by atoms with Crippen LogP contribution in [0.2, 0.25) is 0 Å². The first-order valence-corrected chi connectivity index (χ1v) is 11.8. The normalized spacial score (nSPS) is 14.7. The number of carbonyl (C=O) groups is 3. The predicted molar refractivity (Wildman–Crippen MR) is 132 cm³/mol. The molecule has 2 aromatic rings. The molecule has 7 heteroatoms. The predicted octanol–water partition coefficient (Wildman–Crippen LogP) is 4.28. The number of hydrogen-bond acceptors (Lipinski definition) is 4. The molecule has 176 valence electrons. The molecule has 0 aliphatic carbocycles. The highest BCUT2D eigenvalue weighted by Gasteiger charge is 2.17. The van der Waals surface area contributed by atoms with Crippen molar-refractivity contribution in [2.75, 3.05) is 30.3 Å². The summed E-state index contributed by atoms with van der Waals surface area (Å²) in [7, 11) is 0. The summed E-state index contributed by atoms with van der Waals surface area (Å²) in [6, 6.07) is 14.2. The Labute approximate surface area is 195 Å². The zero-order chi connectivity index (χ0) is 23.6. The number of nitrogens with zero attached hydrogens (tertiary/aromatic N) is 1. The number of hydrogen-bond donors (Lipinski definition) is 3. The molecular weight excluding hydrogens is 416 g/mol. The van der Waals surface area contributed by atoms with Crippen LogP contribution in [0.4, 0.5) is 11.4 Å². The molecule has 1 aliphatic heterocycles. The van der Waals surface area contributed by atoms with Crippen LogP contribution in [0, 0.1) is 0 Å². The van der Waals surface area contributed by atoms with Gasteiger partial charge >= 0.3 is 0 Å². The summed E-state index contributed by atoms with van der Waals surface area (Å²) in [4.78, 5) is 39.1. The lowest BCUT2D eigenvalue weighted by atomic mass is 10.1. The average molecular weight is 451 g/mol. The van der Waals surface area contributed by atoms with Gasteiger partial charge in [-0.25, -0.2) is 0 Å². The number of rotatable bonds is 8. The van der Waals surface area contributed by atoms with Crippen LogP contribution in [0.5, 0.6) is 0 Å². The molecule has 2 aromatic carbocycles. The maximum absolute atomic E-state index is 12.7. The highest BCUT2D eigenvalue weighted by atomic mass is 16.2. The van der Waals surface area contributed by atoms with E-state index in [1.54, 1.807) is 36.4 Å². The topological polar surface area (TPSA) is 90.5 Å². The molecule has 7 nitrogen and oxygen atoms in total. The number of nitrogens with one attached hydrogen (secondary N) is 3. The second-order valence-corrected chi connectivity index (χ2v) is 8.55. The Morgan fingerprint density at radius 2 is 1.42 bits per heavy atom. The van der Waals surface area contributed by atoms with Gasteiger partial charge < -0.3 is 20.9 Å². The number of anilines is 2. The van der Waals surface area contributed by atoms with Gasteiger partial charge in [-0.3, -0.25) is 14.4 Å².